The highest BCUT2D eigenvalue weighted by Gasteiger charge is 2.27. The van der Waals surface area contributed by atoms with Crippen molar-refractivity contribution in [3.63, 3.8) is 0 Å². The maximum atomic E-state index is 6.05. The van der Waals surface area contributed by atoms with Gasteiger partial charge in [-0.3, -0.25) is 0 Å². The molecule has 28 heavy (non-hydrogen) atoms. The average Bonchev–Trinajstić information content (AvgIpc) is 2.68. The van der Waals surface area contributed by atoms with E-state index >= 15 is 0 Å². The number of hydrogen-bond acceptors (Lipinski definition) is 2. The Morgan fingerprint density at radius 2 is 1.07 bits per heavy atom. The van der Waals surface area contributed by atoms with E-state index in [1.54, 1.807) is 0 Å². The highest BCUT2D eigenvalue weighted by atomic mass is 28.4. The molecule has 0 saturated carbocycles. The molecule has 0 N–H and O–H groups in total. The summed E-state index contributed by atoms with van der Waals surface area (Å²) in [7, 11) is -2.13. The third-order valence-corrected chi connectivity index (χ3v) is 7.72. The molecule has 0 saturated heterocycles. The zero-order valence-corrected chi connectivity index (χ0v) is 20.9. The molecule has 168 valence electrons. The monoisotopic (exact) mass is 412 g/mol. The van der Waals surface area contributed by atoms with Gasteiger partial charge in [-0.25, -0.2) is 0 Å². The Morgan fingerprint density at radius 1 is 0.679 bits per heavy atom. The van der Waals surface area contributed by atoms with E-state index in [0.29, 0.717) is 5.92 Å². The molecule has 0 fully saturated rings. The molecule has 0 heterocycles. The molecular weight excluding hydrogens is 360 g/mol. The fourth-order valence-corrected chi connectivity index (χ4v) is 4.95. The second-order valence-electron chi connectivity index (χ2n) is 9.08. The standard InChI is InChI=1S/C25H52O2Si/c1-6-8-9-10-11-12-13-14-15-16-17-18-19-20-21-22-23-26-28(5,7-2)27-24-25(3)4/h7,25H,2,6,8-24H2,1,3-5H3. The predicted molar refractivity (Wildman–Crippen MR) is 128 cm³/mol. The minimum atomic E-state index is -2.13. The fourth-order valence-electron chi connectivity index (χ4n) is 3.42. The number of rotatable bonds is 22. The summed E-state index contributed by atoms with van der Waals surface area (Å²) in [6, 6.07) is 0. The summed E-state index contributed by atoms with van der Waals surface area (Å²) in [4.78, 5) is 0. The van der Waals surface area contributed by atoms with Crippen LogP contribution >= 0.6 is 0 Å². The van der Waals surface area contributed by atoms with Gasteiger partial charge in [-0.15, -0.1) is 6.58 Å². The largest absolute Gasteiger partial charge is 0.391 e. The first-order valence-corrected chi connectivity index (χ1v) is 14.8. The molecule has 0 aromatic carbocycles. The summed E-state index contributed by atoms with van der Waals surface area (Å²) in [5.41, 5.74) is 1.92. The third-order valence-electron chi connectivity index (χ3n) is 5.46. The lowest BCUT2D eigenvalue weighted by Crippen LogP contribution is -2.38. The Balaban J connectivity index is 3.30. The Hall–Kier alpha value is -0.123. The molecule has 0 radical (unpaired) electrons. The third kappa shape index (κ3) is 19.2. The summed E-state index contributed by atoms with van der Waals surface area (Å²) in [5, 5.41) is 0. The van der Waals surface area contributed by atoms with Gasteiger partial charge in [0.2, 0.25) is 0 Å². The molecule has 1 unspecified atom stereocenters. The fraction of sp³-hybridized carbons (Fsp3) is 0.920. The molecule has 2 nitrogen and oxygen atoms in total. The first-order chi connectivity index (χ1) is 13.5. The van der Waals surface area contributed by atoms with Gasteiger partial charge in [-0.1, -0.05) is 117 Å². The average molecular weight is 413 g/mol. The van der Waals surface area contributed by atoms with Crippen LogP contribution in [-0.4, -0.2) is 21.8 Å². The second-order valence-corrected chi connectivity index (χ2v) is 12.1. The van der Waals surface area contributed by atoms with Gasteiger partial charge >= 0.3 is 8.56 Å². The zero-order chi connectivity index (χ0) is 20.9. The van der Waals surface area contributed by atoms with Crippen molar-refractivity contribution in [2.45, 2.75) is 130 Å². The Bertz CT molecular complexity index is 333. The quantitative estimate of drug-likeness (QED) is 0.131. The van der Waals surface area contributed by atoms with E-state index in [1.165, 1.54) is 96.3 Å². The molecule has 0 aliphatic rings. The van der Waals surface area contributed by atoms with E-state index in [0.717, 1.165) is 19.6 Å². The van der Waals surface area contributed by atoms with Crippen LogP contribution in [0.3, 0.4) is 0 Å². The van der Waals surface area contributed by atoms with Crippen molar-refractivity contribution in [2.75, 3.05) is 13.2 Å². The van der Waals surface area contributed by atoms with E-state index in [9.17, 15) is 0 Å². The molecule has 0 rings (SSSR count). The summed E-state index contributed by atoms with van der Waals surface area (Å²) in [6.07, 6.45) is 22.4. The lowest BCUT2D eigenvalue weighted by Gasteiger charge is -2.24. The normalized spacial score (nSPS) is 13.8. The first kappa shape index (κ1) is 27.9. The second kappa shape index (κ2) is 20.2. The van der Waals surface area contributed by atoms with Crippen LogP contribution in [0.25, 0.3) is 0 Å². The van der Waals surface area contributed by atoms with E-state index in [2.05, 4.69) is 33.9 Å². The molecule has 0 spiro atoms. The summed E-state index contributed by atoms with van der Waals surface area (Å²) >= 11 is 0. The van der Waals surface area contributed by atoms with Crippen molar-refractivity contribution in [3.05, 3.63) is 12.3 Å². The highest BCUT2D eigenvalue weighted by Crippen LogP contribution is 2.15. The predicted octanol–water partition coefficient (Wildman–Crippen LogP) is 8.73. The van der Waals surface area contributed by atoms with Gasteiger partial charge in [0.05, 0.1) is 0 Å². The topological polar surface area (TPSA) is 18.5 Å². The van der Waals surface area contributed by atoms with Gasteiger partial charge in [-0.05, 0) is 24.6 Å². The molecule has 3 heteroatoms. The minimum absolute atomic E-state index is 0.547. The van der Waals surface area contributed by atoms with Crippen LogP contribution in [0.15, 0.2) is 12.3 Å². The van der Waals surface area contributed by atoms with Crippen molar-refractivity contribution in [1.29, 1.82) is 0 Å². The molecule has 0 bridgehead atoms. The maximum Gasteiger partial charge on any atom is 0.361 e. The van der Waals surface area contributed by atoms with Crippen LogP contribution in [0.5, 0.6) is 0 Å². The van der Waals surface area contributed by atoms with Crippen molar-refractivity contribution in [3.8, 4) is 0 Å². The first-order valence-electron chi connectivity index (χ1n) is 12.5. The van der Waals surface area contributed by atoms with Crippen LogP contribution in [-0.2, 0) is 8.85 Å². The number of hydrogen-bond donors (Lipinski definition) is 0. The number of unbranched alkanes of at least 4 members (excludes halogenated alkanes) is 15. The Labute approximate surface area is 179 Å². The summed E-state index contributed by atoms with van der Waals surface area (Å²) in [6.45, 7) is 14.3. The smallest absolute Gasteiger partial charge is 0.361 e. The van der Waals surface area contributed by atoms with Gasteiger partial charge in [0.15, 0.2) is 0 Å². The Morgan fingerprint density at radius 3 is 1.43 bits per heavy atom. The van der Waals surface area contributed by atoms with E-state index in [1.807, 2.05) is 5.70 Å². The van der Waals surface area contributed by atoms with Gasteiger partial charge in [0, 0.05) is 13.2 Å². The molecule has 1 atom stereocenters. The van der Waals surface area contributed by atoms with E-state index in [-0.39, 0.29) is 0 Å². The molecule has 0 aliphatic carbocycles. The zero-order valence-electron chi connectivity index (χ0n) is 19.9. The van der Waals surface area contributed by atoms with Gasteiger partial charge in [0.25, 0.3) is 0 Å². The van der Waals surface area contributed by atoms with Gasteiger partial charge < -0.3 is 8.85 Å². The maximum absolute atomic E-state index is 6.05. The Kier molecular flexibility index (Phi) is 20.1. The SMILES string of the molecule is C=C[Si](C)(OCCCCCCCCCCCCCCCCCC)OCC(C)C. The van der Waals surface area contributed by atoms with E-state index in [4.69, 9.17) is 8.85 Å². The van der Waals surface area contributed by atoms with Crippen LogP contribution < -0.4 is 0 Å². The van der Waals surface area contributed by atoms with Crippen molar-refractivity contribution >= 4 is 8.56 Å². The summed E-state index contributed by atoms with van der Waals surface area (Å²) < 4.78 is 12.0. The van der Waals surface area contributed by atoms with Crippen molar-refractivity contribution in [2.24, 2.45) is 5.92 Å². The van der Waals surface area contributed by atoms with Crippen molar-refractivity contribution < 1.29 is 8.85 Å². The molecular formula is C25H52O2Si. The van der Waals surface area contributed by atoms with Crippen LogP contribution in [0.1, 0.15) is 124 Å². The van der Waals surface area contributed by atoms with Gasteiger partial charge in [0.1, 0.15) is 0 Å². The molecule has 0 amide bonds. The van der Waals surface area contributed by atoms with Gasteiger partial charge in [-0.2, -0.15) is 0 Å². The molecule has 0 aromatic rings. The molecule has 0 aliphatic heterocycles. The van der Waals surface area contributed by atoms with Crippen LogP contribution in [0.2, 0.25) is 6.55 Å². The van der Waals surface area contributed by atoms with Crippen molar-refractivity contribution in [1.82, 2.24) is 0 Å². The van der Waals surface area contributed by atoms with Crippen LogP contribution in [0.4, 0.5) is 0 Å². The van der Waals surface area contributed by atoms with Crippen LogP contribution in [0, 0.1) is 5.92 Å². The summed E-state index contributed by atoms with van der Waals surface area (Å²) in [5.74, 6) is 0.547. The van der Waals surface area contributed by atoms with E-state index < -0.39 is 8.56 Å². The lowest BCUT2D eigenvalue weighted by atomic mass is 10.0. The molecule has 0 aromatic heterocycles. The minimum Gasteiger partial charge on any atom is -0.391 e. The lowest BCUT2D eigenvalue weighted by molar-refractivity contribution is 0.164. The highest BCUT2D eigenvalue weighted by molar-refractivity contribution is 6.71.